The molecule has 124 valence electrons. The Morgan fingerprint density at radius 1 is 1.09 bits per heavy atom. The molecule has 0 amide bonds. The molecule has 0 spiro atoms. The predicted octanol–water partition coefficient (Wildman–Crippen LogP) is 1.50. The van der Waals surface area contributed by atoms with Gasteiger partial charge in [-0.2, -0.15) is 0 Å². The summed E-state index contributed by atoms with van der Waals surface area (Å²) in [5.41, 5.74) is 0.0743. The third kappa shape index (κ3) is 5.54. The molecule has 0 heterocycles. The summed E-state index contributed by atoms with van der Waals surface area (Å²) in [5.74, 6) is -2.57. The van der Waals surface area contributed by atoms with Crippen LogP contribution < -0.4 is 10.2 Å². The van der Waals surface area contributed by atoms with Crippen molar-refractivity contribution >= 4 is 23.8 Å². The van der Waals surface area contributed by atoms with Gasteiger partial charge in [-0.3, -0.25) is 19.4 Å². The molecule has 0 radical (unpaired) electrons. The minimum absolute atomic E-state index is 0.139. The summed E-state index contributed by atoms with van der Waals surface area (Å²) in [7, 11) is 1.39. The number of esters is 2. The van der Waals surface area contributed by atoms with E-state index in [0.717, 1.165) is 6.21 Å². The van der Waals surface area contributed by atoms with E-state index in [1.807, 2.05) is 0 Å². The Kier molecular flexibility index (Phi) is 7.45. The Morgan fingerprint density at radius 2 is 1.65 bits per heavy atom. The van der Waals surface area contributed by atoms with E-state index in [2.05, 4.69) is 4.99 Å². The molecule has 0 saturated heterocycles. The molecule has 7 heteroatoms. The second kappa shape index (κ2) is 9.34. The topological polar surface area (TPSA) is 91.3 Å². The molecule has 0 atom stereocenters. The highest BCUT2D eigenvalue weighted by Crippen LogP contribution is 2.12. The third-order valence-electron chi connectivity index (χ3n) is 2.73. The molecule has 1 aromatic carbocycles. The molecule has 0 aromatic heterocycles. The van der Waals surface area contributed by atoms with Crippen LogP contribution in [-0.4, -0.2) is 38.5 Å². The Hall–Kier alpha value is -2.70. The van der Waals surface area contributed by atoms with Gasteiger partial charge in [-0.25, -0.2) is 0 Å². The van der Waals surface area contributed by atoms with Crippen molar-refractivity contribution in [3.63, 3.8) is 0 Å². The van der Waals surface area contributed by atoms with Gasteiger partial charge in [-0.1, -0.05) is 0 Å². The second-order valence-corrected chi connectivity index (χ2v) is 4.28. The molecule has 0 fully saturated rings. The lowest BCUT2D eigenvalue weighted by atomic mass is 10.2. The number of hydrogen-bond donors (Lipinski definition) is 0. The number of carbonyl (C=O) groups is 2. The number of rotatable bonds is 7. The number of nitrogens with zero attached hydrogens (tertiary/aromatic N) is 1. The summed E-state index contributed by atoms with van der Waals surface area (Å²) in [6.45, 7) is 3.55. The van der Waals surface area contributed by atoms with Gasteiger partial charge in [0.1, 0.15) is 0 Å². The minimum atomic E-state index is -1.26. The maximum absolute atomic E-state index is 11.8. The first-order valence-corrected chi connectivity index (χ1v) is 7.09. The third-order valence-corrected chi connectivity index (χ3v) is 2.73. The second-order valence-electron chi connectivity index (χ2n) is 4.28. The van der Waals surface area contributed by atoms with E-state index in [-0.39, 0.29) is 24.4 Å². The molecule has 0 bridgehead atoms. The monoisotopic (exact) mass is 321 g/mol. The Balaban J connectivity index is 3.05. The van der Waals surface area contributed by atoms with E-state index >= 15 is 0 Å². The molecule has 23 heavy (non-hydrogen) atoms. The number of ether oxygens (including phenoxy) is 3. The summed E-state index contributed by atoms with van der Waals surface area (Å²) < 4.78 is 14.6. The van der Waals surface area contributed by atoms with Crippen LogP contribution in [0.5, 0.6) is 5.75 Å². The highest BCUT2D eigenvalue weighted by Gasteiger charge is 2.27. The van der Waals surface area contributed by atoms with Crippen LogP contribution in [0, 0.1) is 5.92 Å². The molecule has 0 N–H and O–H groups in total. The van der Waals surface area contributed by atoms with Gasteiger partial charge in [0, 0.05) is 6.21 Å². The van der Waals surface area contributed by atoms with E-state index in [4.69, 9.17) is 14.2 Å². The fourth-order valence-corrected chi connectivity index (χ4v) is 1.64. The summed E-state index contributed by atoms with van der Waals surface area (Å²) in [4.78, 5) is 39.3. The van der Waals surface area contributed by atoms with Crippen LogP contribution in [0.3, 0.4) is 0 Å². The summed E-state index contributed by atoms with van der Waals surface area (Å²) in [5, 5.41) is 0. The maximum atomic E-state index is 11.8. The molecule has 0 aliphatic rings. The Morgan fingerprint density at radius 3 is 2.17 bits per heavy atom. The quantitative estimate of drug-likeness (QED) is 0.429. The van der Waals surface area contributed by atoms with Crippen molar-refractivity contribution in [3.05, 3.63) is 34.5 Å². The van der Waals surface area contributed by atoms with Crippen LogP contribution >= 0.6 is 0 Å². The van der Waals surface area contributed by atoms with E-state index in [0.29, 0.717) is 5.69 Å². The highest BCUT2D eigenvalue weighted by atomic mass is 16.6. The molecule has 0 aliphatic heterocycles. The lowest BCUT2D eigenvalue weighted by Crippen LogP contribution is -2.29. The molecular formula is C16H19NO6. The van der Waals surface area contributed by atoms with Gasteiger partial charge in [0.25, 0.3) is 0 Å². The number of hydrogen-bond acceptors (Lipinski definition) is 7. The van der Waals surface area contributed by atoms with Crippen LogP contribution in [0.25, 0.3) is 0 Å². The van der Waals surface area contributed by atoms with Gasteiger partial charge in [-0.05, 0) is 38.1 Å². The zero-order valence-electron chi connectivity index (χ0n) is 13.3. The summed E-state index contributed by atoms with van der Waals surface area (Å²) in [6, 6.07) is 5.73. The van der Waals surface area contributed by atoms with Crippen LogP contribution in [0.15, 0.2) is 34.1 Å². The smallest absolute Gasteiger partial charge is 0.325 e. The molecule has 0 unspecified atom stereocenters. The predicted molar refractivity (Wildman–Crippen MR) is 84.2 cm³/mol. The zero-order valence-corrected chi connectivity index (χ0v) is 13.3. The van der Waals surface area contributed by atoms with Gasteiger partial charge in [0.2, 0.25) is 5.43 Å². The molecule has 0 aliphatic carbocycles. The average molecular weight is 321 g/mol. The summed E-state index contributed by atoms with van der Waals surface area (Å²) in [6.07, 6.45) is 1.14. The normalized spacial score (nSPS) is 10.6. The molecule has 1 rings (SSSR count). The highest BCUT2D eigenvalue weighted by molar-refractivity contribution is 6.09. The zero-order chi connectivity index (χ0) is 17.2. The Bertz CT molecular complexity index is 623. The van der Waals surface area contributed by atoms with E-state index in [1.165, 1.54) is 31.4 Å². The van der Waals surface area contributed by atoms with Crippen LogP contribution in [-0.2, 0) is 19.1 Å². The fourth-order valence-electron chi connectivity index (χ4n) is 1.64. The lowest BCUT2D eigenvalue weighted by molar-refractivity contribution is -0.157. The van der Waals surface area contributed by atoms with Gasteiger partial charge >= 0.3 is 11.9 Å². The van der Waals surface area contributed by atoms with Crippen LogP contribution in [0.2, 0.25) is 0 Å². The van der Waals surface area contributed by atoms with Gasteiger partial charge in [0.05, 0.1) is 26.0 Å². The first-order valence-electron chi connectivity index (χ1n) is 7.09. The molecule has 0 saturated carbocycles. The SMILES string of the molecule is CCOC(=O)C(C=Nc1ccc(OC)c(=O)cc1)C(=O)OCC. The maximum Gasteiger partial charge on any atom is 0.325 e. The first kappa shape index (κ1) is 18.3. The van der Waals surface area contributed by atoms with Gasteiger partial charge in [0.15, 0.2) is 11.7 Å². The number of aliphatic imine (C=N–C) groups is 1. The van der Waals surface area contributed by atoms with Crippen molar-refractivity contribution in [2.24, 2.45) is 10.9 Å². The van der Waals surface area contributed by atoms with Crippen molar-refractivity contribution in [1.29, 1.82) is 0 Å². The van der Waals surface area contributed by atoms with Crippen molar-refractivity contribution in [3.8, 4) is 5.75 Å². The first-order chi connectivity index (χ1) is 11.0. The van der Waals surface area contributed by atoms with Crippen molar-refractivity contribution in [2.75, 3.05) is 20.3 Å². The van der Waals surface area contributed by atoms with Gasteiger partial charge < -0.3 is 14.2 Å². The number of methoxy groups -OCH3 is 1. The van der Waals surface area contributed by atoms with Crippen LogP contribution in [0.4, 0.5) is 5.69 Å². The minimum Gasteiger partial charge on any atom is -0.493 e. The molecular weight excluding hydrogens is 302 g/mol. The largest absolute Gasteiger partial charge is 0.493 e. The lowest BCUT2D eigenvalue weighted by Gasteiger charge is -2.09. The fraction of sp³-hybridized carbons (Fsp3) is 0.375. The van der Waals surface area contributed by atoms with E-state index in [9.17, 15) is 14.4 Å². The van der Waals surface area contributed by atoms with Crippen molar-refractivity contribution in [2.45, 2.75) is 13.8 Å². The van der Waals surface area contributed by atoms with Crippen molar-refractivity contribution in [1.82, 2.24) is 0 Å². The molecule has 1 aromatic rings. The van der Waals surface area contributed by atoms with E-state index in [1.54, 1.807) is 13.8 Å². The standard InChI is InChI=1S/C16H19NO6/c1-4-22-15(19)12(16(20)23-5-2)10-17-11-6-8-13(18)14(21-3)9-7-11/h6-10,12H,4-5H2,1-3H3. The summed E-state index contributed by atoms with van der Waals surface area (Å²) >= 11 is 0. The van der Waals surface area contributed by atoms with Gasteiger partial charge in [-0.15, -0.1) is 0 Å². The Labute approximate surface area is 133 Å². The van der Waals surface area contributed by atoms with E-state index < -0.39 is 17.9 Å². The average Bonchev–Trinajstić information content (AvgIpc) is 2.70. The van der Waals surface area contributed by atoms with Crippen LogP contribution in [0.1, 0.15) is 13.8 Å². The number of carbonyl (C=O) groups excluding carboxylic acids is 2. The van der Waals surface area contributed by atoms with Crippen molar-refractivity contribution < 1.29 is 23.8 Å². The molecule has 7 nitrogen and oxygen atoms in total.